The Bertz CT molecular complexity index is 521. The average Bonchev–Trinajstić information content (AvgIpc) is 2.78. The van der Waals surface area contributed by atoms with Crippen molar-refractivity contribution in [3.05, 3.63) is 29.8 Å². The molecular weight excluding hydrogens is 266 g/mol. The standard InChI is InChI=1S/C16H23N3O2/c1-10(2)9-17-16-18-14(15(20)19-16)12-5-7-13(8-6-12)21-11(3)4/h5-8,10-11,14H,9H2,1-4H3,(H2,17,18,19,20). The van der Waals surface area contributed by atoms with Crippen LogP contribution in [0, 0.1) is 5.92 Å². The minimum atomic E-state index is -0.385. The predicted octanol–water partition coefficient (Wildman–Crippen LogP) is 2.25. The van der Waals surface area contributed by atoms with Crippen molar-refractivity contribution in [3.63, 3.8) is 0 Å². The van der Waals surface area contributed by atoms with E-state index in [1.54, 1.807) is 0 Å². The number of amides is 1. The minimum Gasteiger partial charge on any atom is -0.491 e. The first-order valence-corrected chi connectivity index (χ1v) is 7.34. The van der Waals surface area contributed by atoms with Crippen LogP contribution in [0.3, 0.4) is 0 Å². The summed E-state index contributed by atoms with van der Waals surface area (Å²) >= 11 is 0. The number of guanidine groups is 1. The van der Waals surface area contributed by atoms with Crippen LogP contribution in [0.4, 0.5) is 0 Å². The Morgan fingerprint density at radius 2 is 1.86 bits per heavy atom. The van der Waals surface area contributed by atoms with Gasteiger partial charge in [0.1, 0.15) is 11.8 Å². The monoisotopic (exact) mass is 289 g/mol. The molecule has 0 radical (unpaired) electrons. The quantitative estimate of drug-likeness (QED) is 0.874. The summed E-state index contributed by atoms with van der Waals surface area (Å²) in [5.74, 6) is 1.75. The van der Waals surface area contributed by atoms with Crippen LogP contribution in [0.25, 0.3) is 0 Å². The van der Waals surface area contributed by atoms with E-state index in [2.05, 4.69) is 29.5 Å². The third kappa shape index (κ3) is 4.21. The Hall–Kier alpha value is -2.04. The molecule has 1 unspecified atom stereocenters. The molecule has 21 heavy (non-hydrogen) atoms. The minimum absolute atomic E-state index is 0.0740. The van der Waals surface area contributed by atoms with E-state index in [9.17, 15) is 4.79 Å². The lowest BCUT2D eigenvalue weighted by molar-refractivity contribution is -0.120. The lowest BCUT2D eigenvalue weighted by Gasteiger charge is -2.12. The summed E-state index contributed by atoms with van der Waals surface area (Å²) in [5, 5.41) is 5.89. The van der Waals surface area contributed by atoms with Crippen LogP contribution in [-0.4, -0.2) is 24.5 Å². The molecular formula is C16H23N3O2. The summed E-state index contributed by atoms with van der Waals surface area (Å²) in [5.41, 5.74) is 0.901. The van der Waals surface area contributed by atoms with E-state index >= 15 is 0 Å². The van der Waals surface area contributed by atoms with Gasteiger partial charge in [-0.05, 0) is 37.5 Å². The number of nitrogens with zero attached hydrogens (tertiary/aromatic N) is 1. The van der Waals surface area contributed by atoms with Crippen molar-refractivity contribution < 1.29 is 9.53 Å². The maximum absolute atomic E-state index is 12.0. The molecule has 0 aromatic heterocycles. The molecule has 1 aromatic carbocycles. The summed E-state index contributed by atoms with van der Waals surface area (Å²) in [6.45, 7) is 8.84. The number of carbonyl (C=O) groups is 1. The second-order valence-electron chi connectivity index (χ2n) is 5.89. The fourth-order valence-electron chi connectivity index (χ4n) is 2.03. The van der Waals surface area contributed by atoms with E-state index in [0.717, 1.165) is 11.3 Å². The number of nitrogens with one attached hydrogen (secondary N) is 2. The van der Waals surface area contributed by atoms with Crippen LogP contribution in [0.2, 0.25) is 0 Å². The SMILES string of the molecule is CC(C)CN=C1NC(=O)C(c2ccc(OC(C)C)cc2)N1. The van der Waals surface area contributed by atoms with Gasteiger partial charge in [0.15, 0.2) is 5.96 Å². The highest BCUT2D eigenvalue weighted by atomic mass is 16.5. The van der Waals surface area contributed by atoms with E-state index in [1.807, 2.05) is 38.1 Å². The van der Waals surface area contributed by atoms with Gasteiger partial charge < -0.3 is 10.1 Å². The Kier molecular flexibility index (Phi) is 4.83. The summed E-state index contributed by atoms with van der Waals surface area (Å²) in [6.07, 6.45) is 0.138. The lowest BCUT2D eigenvalue weighted by Crippen LogP contribution is -2.26. The first kappa shape index (κ1) is 15.4. The zero-order valence-corrected chi connectivity index (χ0v) is 13.0. The molecule has 2 N–H and O–H groups in total. The van der Waals surface area contributed by atoms with Crippen molar-refractivity contribution >= 4 is 11.9 Å². The summed E-state index contributed by atoms with van der Waals surface area (Å²) in [6, 6.07) is 7.19. The first-order valence-electron chi connectivity index (χ1n) is 7.34. The number of ether oxygens (including phenoxy) is 1. The molecule has 0 spiro atoms. The maximum Gasteiger partial charge on any atom is 0.253 e. The van der Waals surface area contributed by atoms with Gasteiger partial charge in [-0.2, -0.15) is 0 Å². The smallest absolute Gasteiger partial charge is 0.253 e. The molecule has 5 nitrogen and oxygen atoms in total. The molecule has 1 heterocycles. The zero-order valence-electron chi connectivity index (χ0n) is 13.0. The topological polar surface area (TPSA) is 62.7 Å². The lowest BCUT2D eigenvalue weighted by atomic mass is 10.1. The number of benzene rings is 1. The molecule has 1 aliphatic rings. The van der Waals surface area contributed by atoms with Gasteiger partial charge in [-0.25, -0.2) is 0 Å². The third-order valence-corrected chi connectivity index (χ3v) is 2.98. The summed E-state index contributed by atoms with van der Waals surface area (Å²) in [4.78, 5) is 16.4. The van der Waals surface area contributed by atoms with Crippen molar-refractivity contribution in [2.45, 2.75) is 39.8 Å². The zero-order chi connectivity index (χ0) is 15.4. The van der Waals surface area contributed by atoms with E-state index in [-0.39, 0.29) is 18.1 Å². The van der Waals surface area contributed by atoms with Crippen LogP contribution in [0.1, 0.15) is 39.3 Å². The molecule has 0 aliphatic carbocycles. The Balaban J connectivity index is 2.05. The first-order chi connectivity index (χ1) is 9.95. The molecule has 114 valence electrons. The predicted molar refractivity (Wildman–Crippen MR) is 83.4 cm³/mol. The van der Waals surface area contributed by atoms with Crippen LogP contribution < -0.4 is 15.4 Å². The van der Waals surface area contributed by atoms with E-state index in [0.29, 0.717) is 18.4 Å². The largest absolute Gasteiger partial charge is 0.491 e. The van der Waals surface area contributed by atoms with Crippen molar-refractivity contribution in [2.24, 2.45) is 10.9 Å². The highest BCUT2D eigenvalue weighted by Gasteiger charge is 2.29. The molecule has 0 bridgehead atoms. The van der Waals surface area contributed by atoms with Gasteiger partial charge >= 0.3 is 0 Å². The van der Waals surface area contributed by atoms with Crippen molar-refractivity contribution in [1.82, 2.24) is 10.6 Å². The number of hydrogen-bond donors (Lipinski definition) is 2. The highest BCUT2D eigenvalue weighted by Crippen LogP contribution is 2.21. The molecule has 1 atom stereocenters. The molecule has 1 aromatic rings. The Labute approximate surface area is 125 Å². The second-order valence-corrected chi connectivity index (χ2v) is 5.89. The van der Waals surface area contributed by atoms with Gasteiger partial charge in [-0.3, -0.25) is 15.1 Å². The molecule has 5 heteroatoms. The number of hydrogen-bond acceptors (Lipinski definition) is 3. The molecule has 0 saturated carbocycles. The molecule has 1 aliphatic heterocycles. The van der Waals surface area contributed by atoms with Gasteiger partial charge in [0.05, 0.1) is 6.10 Å². The van der Waals surface area contributed by atoms with Crippen LogP contribution in [-0.2, 0) is 4.79 Å². The normalized spacial score (nSPS) is 20.0. The van der Waals surface area contributed by atoms with Gasteiger partial charge in [0.2, 0.25) is 0 Å². The number of rotatable bonds is 5. The third-order valence-electron chi connectivity index (χ3n) is 2.98. The fraction of sp³-hybridized carbons (Fsp3) is 0.500. The van der Waals surface area contributed by atoms with Crippen molar-refractivity contribution in [1.29, 1.82) is 0 Å². The molecule has 1 amide bonds. The van der Waals surface area contributed by atoms with E-state index in [1.165, 1.54) is 0 Å². The summed E-state index contributed by atoms with van der Waals surface area (Å²) < 4.78 is 5.60. The van der Waals surface area contributed by atoms with E-state index < -0.39 is 0 Å². The molecule has 1 fully saturated rings. The number of aliphatic imine (C=N–C) groups is 1. The van der Waals surface area contributed by atoms with Gasteiger partial charge in [0, 0.05) is 6.54 Å². The Morgan fingerprint density at radius 1 is 1.19 bits per heavy atom. The second kappa shape index (κ2) is 6.61. The average molecular weight is 289 g/mol. The highest BCUT2D eigenvalue weighted by molar-refractivity contribution is 6.06. The van der Waals surface area contributed by atoms with Crippen LogP contribution in [0.5, 0.6) is 5.75 Å². The fourth-order valence-corrected chi connectivity index (χ4v) is 2.03. The van der Waals surface area contributed by atoms with Crippen molar-refractivity contribution in [2.75, 3.05) is 6.54 Å². The van der Waals surface area contributed by atoms with Gasteiger partial charge in [0.25, 0.3) is 5.91 Å². The van der Waals surface area contributed by atoms with Gasteiger partial charge in [-0.15, -0.1) is 0 Å². The van der Waals surface area contributed by atoms with Crippen LogP contribution >= 0.6 is 0 Å². The summed E-state index contributed by atoms with van der Waals surface area (Å²) in [7, 11) is 0. The number of carbonyl (C=O) groups excluding carboxylic acids is 1. The Morgan fingerprint density at radius 3 is 2.43 bits per heavy atom. The van der Waals surface area contributed by atoms with E-state index in [4.69, 9.17) is 4.74 Å². The van der Waals surface area contributed by atoms with Crippen molar-refractivity contribution in [3.8, 4) is 5.75 Å². The molecule has 1 saturated heterocycles. The van der Waals surface area contributed by atoms with Gasteiger partial charge in [-0.1, -0.05) is 26.0 Å². The van der Waals surface area contributed by atoms with Crippen LogP contribution in [0.15, 0.2) is 29.3 Å². The molecule has 2 rings (SSSR count). The maximum atomic E-state index is 12.0.